The van der Waals surface area contributed by atoms with Crippen LogP contribution in [0.15, 0.2) is 24.4 Å². The molecule has 0 bridgehead atoms. The quantitative estimate of drug-likeness (QED) is 0.578. The van der Waals surface area contributed by atoms with Crippen molar-refractivity contribution >= 4 is 29.9 Å². The highest BCUT2D eigenvalue weighted by Crippen LogP contribution is 2.34. The maximum Gasteiger partial charge on any atom is 0.245 e. The zero-order valence-electron chi connectivity index (χ0n) is 19.2. The third kappa shape index (κ3) is 5.16. The van der Waals surface area contributed by atoms with Crippen LogP contribution in [-0.2, 0) is 0 Å². The molecule has 1 aliphatic rings. The Balaban J connectivity index is 0.00000289. The van der Waals surface area contributed by atoms with E-state index >= 15 is 0 Å². The van der Waals surface area contributed by atoms with Gasteiger partial charge in [0, 0.05) is 35.3 Å². The van der Waals surface area contributed by atoms with Gasteiger partial charge in [-0.25, -0.2) is 9.97 Å². The largest absolute Gasteiger partial charge is 0.507 e. The van der Waals surface area contributed by atoms with Crippen molar-refractivity contribution in [1.29, 1.82) is 0 Å². The predicted molar refractivity (Wildman–Crippen MR) is 131 cm³/mol. The predicted octanol–water partition coefficient (Wildman–Crippen LogP) is 4.24. The van der Waals surface area contributed by atoms with Crippen molar-refractivity contribution in [3.8, 4) is 27.6 Å². The van der Waals surface area contributed by atoms with Crippen LogP contribution in [0.3, 0.4) is 0 Å². The molecular formula is C22H30ClN7OS. The van der Waals surface area contributed by atoms with Crippen LogP contribution in [-0.4, -0.2) is 53.8 Å². The normalized spacial score (nSPS) is 17.6. The van der Waals surface area contributed by atoms with E-state index < -0.39 is 0 Å². The van der Waals surface area contributed by atoms with Gasteiger partial charge < -0.3 is 15.3 Å². The number of anilines is 1. The maximum absolute atomic E-state index is 10.6. The number of benzene rings is 1. The summed E-state index contributed by atoms with van der Waals surface area (Å²) in [4.78, 5) is 11.0. The van der Waals surface area contributed by atoms with E-state index in [1.165, 1.54) is 11.5 Å². The van der Waals surface area contributed by atoms with Gasteiger partial charge in [-0.3, -0.25) is 0 Å². The van der Waals surface area contributed by atoms with Crippen LogP contribution < -0.4 is 10.2 Å². The third-order valence-electron chi connectivity index (χ3n) is 5.63. The van der Waals surface area contributed by atoms with Gasteiger partial charge in [-0.05, 0) is 71.1 Å². The summed E-state index contributed by atoms with van der Waals surface area (Å²) in [5.41, 5.74) is 2.00. The second-order valence-electron chi connectivity index (χ2n) is 9.59. The van der Waals surface area contributed by atoms with Gasteiger partial charge in [0.2, 0.25) is 5.95 Å². The van der Waals surface area contributed by atoms with E-state index in [0.717, 1.165) is 29.2 Å². The molecule has 1 aromatic carbocycles. The molecule has 0 radical (unpaired) electrons. The highest BCUT2D eigenvalue weighted by molar-refractivity contribution is 7.09. The summed E-state index contributed by atoms with van der Waals surface area (Å²) in [5.74, 6) is 1.42. The first kappa shape index (κ1) is 24.3. The summed E-state index contributed by atoms with van der Waals surface area (Å²) < 4.78 is 4.19. The molecule has 2 aromatic heterocycles. The Morgan fingerprint density at radius 1 is 1.12 bits per heavy atom. The first-order chi connectivity index (χ1) is 14.5. The molecule has 0 saturated carbocycles. The number of aryl methyl sites for hydroxylation is 1. The fourth-order valence-corrected chi connectivity index (χ4v) is 5.22. The molecule has 10 heteroatoms. The summed E-state index contributed by atoms with van der Waals surface area (Å²) in [6.45, 7) is 10.8. The van der Waals surface area contributed by atoms with E-state index in [4.69, 9.17) is 0 Å². The van der Waals surface area contributed by atoms with Crippen molar-refractivity contribution in [2.75, 3.05) is 11.9 Å². The number of nitrogens with zero attached hydrogens (tertiary/aromatic N) is 6. The van der Waals surface area contributed by atoms with Gasteiger partial charge in [-0.1, -0.05) is 6.07 Å². The van der Waals surface area contributed by atoms with Gasteiger partial charge >= 0.3 is 0 Å². The zero-order valence-corrected chi connectivity index (χ0v) is 20.9. The third-order valence-corrected chi connectivity index (χ3v) is 6.48. The van der Waals surface area contributed by atoms with Crippen molar-refractivity contribution < 1.29 is 5.11 Å². The Morgan fingerprint density at radius 2 is 1.81 bits per heavy atom. The molecule has 3 aromatic rings. The van der Waals surface area contributed by atoms with Crippen molar-refractivity contribution in [1.82, 2.24) is 29.9 Å². The minimum absolute atomic E-state index is 0. The Hall–Kier alpha value is -2.36. The maximum atomic E-state index is 10.6. The second kappa shape index (κ2) is 8.88. The molecule has 172 valence electrons. The van der Waals surface area contributed by atoms with Crippen LogP contribution in [0.4, 0.5) is 5.95 Å². The summed E-state index contributed by atoms with van der Waals surface area (Å²) >= 11 is 1.31. The zero-order chi connectivity index (χ0) is 22.4. The Labute approximate surface area is 199 Å². The van der Waals surface area contributed by atoms with Gasteiger partial charge in [0.25, 0.3) is 0 Å². The topological polar surface area (TPSA) is 100.0 Å². The molecule has 32 heavy (non-hydrogen) atoms. The van der Waals surface area contributed by atoms with Crippen LogP contribution >= 0.6 is 23.9 Å². The summed E-state index contributed by atoms with van der Waals surface area (Å²) in [6, 6.07) is 5.70. The lowest BCUT2D eigenvalue weighted by Crippen LogP contribution is -2.62. The number of rotatable bonds is 4. The van der Waals surface area contributed by atoms with Crippen molar-refractivity contribution in [2.24, 2.45) is 0 Å². The highest BCUT2D eigenvalue weighted by Gasteiger charge is 2.39. The van der Waals surface area contributed by atoms with Crippen LogP contribution in [0.1, 0.15) is 46.4 Å². The SMILES string of the molecule is Cc1nsc(-c2ccc(-c3cnc(N(C)C4CC(C)(C)NC(C)(C)C4)nn3)c(O)c2)n1.Cl. The molecular weight excluding hydrogens is 446 g/mol. The molecule has 1 aliphatic heterocycles. The Morgan fingerprint density at radius 3 is 2.34 bits per heavy atom. The van der Waals surface area contributed by atoms with Crippen LogP contribution in [0.5, 0.6) is 5.75 Å². The van der Waals surface area contributed by atoms with E-state index in [0.29, 0.717) is 23.2 Å². The molecule has 4 rings (SSSR count). The molecule has 3 heterocycles. The smallest absolute Gasteiger partial charge is 0.245 e. The summed E-state index contributed by atoms with van der Waals surface area (Å²) in [6.07, 6.45) is 3.65. The number of aromatic hydroxyl groups is 1. The number of phenolic OH excluding ortho intramolecular Hbond substituents is 1. The molecule has 0 atom stereocenters. The van der Waals surface area contributed by atoms with Gasteiger partial charge in [-0.2, -0.15) is 4.37 Å². The summed E-state index contributed by atoms with van der Waals surface area (Å²) in [7, 11) is 2.02. The number of aromatic nitrogens is 5. The Bertz CT molecular complexity index is 1070. The number of piperidine rings is 1. The van der Waals surface area contributed by atoms with Crippen molar-refractivity contribution in [2.45, 2.75) is 64.6 Å². The second-order valence-corrected chi connectivity index (χ2v) is 10.3. The fraction of sp³-hybridized carbons (Fsp3) is 0.500. The first-order valence-corrected chi connectivity index (χ1v) is 11.2. The molecule has 2 N–H and O–H groups in total. The molecule has 0 spiro atoms. The number of halogens is 1. The van der Waals surface area contributed by atoms with Crippen LogP contribution in [0.25, 0.3) is 21.8 Å². The standard InChI is InChI=1S/C22H29N7OS.ClH/c1-13-24-19(31-27-13)14-7-8-16(18(30)9-14)17-12-23-20(26-25-17)29(6)15-10-21(2,3)28-22(4,5)11-15;/h7-9,12,15,28,30H,10-11H2,1-6H3;1H. The molecule has 1 fully saturated rings. The molecule has 0 unspecified atom stereocenters. The first-order valence-electron chi connectivity index (χ1n) is 10.4. The van der Waals surface area contributed by atoms with Gasteiger partial charge in [0.05, 0.1) is 6.20 Å². The van der Waals surface area contributed by atoms with Crippen LogP contribution in [0, 0.1) is 6.92 Å². The van der Waals surface area contributed by atoms with Crippen molar-refractivity contribution in [3.63, 3.8) is 0 Å². The van der Waals surface area contributed by atoms with E-state index in [1.54, 1.807) is 12.3 Å². The van der Waals surface area contributed by atoms with Gasteiger partial charge in [0.15, 0.2) is 0 Å². The van der Waals surface area contributed by atoms with E-state index in [-0.39, 0.29) is 29.2 Å². The molecule has 0 aliphatic carbocycles. The van der Waals surface area contributed by atoms with Crippen LogP contribution in [0.2, 0.25) is 0 Å². The van der Waals surface area contributed by atoms with E-state index in [2.05, 4.69) is 62.5 Å². The van der Waals surface area contributed by atoms with E-state index in [9.17, 15) is 5.11 Å². The number of hydrogen-bond acceptors (Lipinski definition) is 9. The van der Waals surface area contributed by atoms with Gasteiger partial charge in [0.1, 0.15) is 22.3 Å². The average Bonchev–Trinajstić information content (AvgIpc) is 3.11. The highest BCUT2D eigenvalue weighted by atomic mass is 35.5. The fourth-order valence-electron chi connectivity index (χ4n) is 4.56. The van der Waals surface area contributed by atoms with Gasteiger partial charge in [-0.15, -0.1) is 22.6 Å². The number of nitrogens with one attached hydrogen (secondary N) is 1. The molecule has 0 amide bonds. The monoisotopic (exact) mass is 475 g/mol. The minimum atomic E-state index is 0. The number of hydrogen-bond donors (Lipinski definition) is 2. The summed E-state index contributed by atoms with van der Waals surface area (Å²) in [5, 5.41) is 23.7. The van der Waals surface area contributed by atoms with Crippen molar-refractivity contribution in [3.05, 3.63) is 30.2 Å². The Kier molecular flexibility index (Phi) is 6.74. The lowest BCUT2D eigenvalue weighted by molar-refractivity contribution is 0.160. The number of phenols is 1. The lowest BCUT2D eigenvalue weighted by atomic mass is 9.79. The van der Waals surface area contributed by atoms with E-state index in [1.807, 2.05) is 26.1 Å². The minimum Gasteiger partial charge on any atom is -0.507 e. The molecule has 1 saturated heterocycles. The molecule has 8 nitrogen and oxygen atoms in total. The lowest BCUT2D eigenvalue weighted by Gasteiger charge is -2.48. The average molecular weight is 476 g/mol.